The van der Waals surface area contributed by atoms with Crippen molar-refractivity contribution in [3.05, 3.63) is 29.8 Å². The molecule has 0 fully saturated rings. The van der Waals surface area contributed by atoms with Gasteiger partial charge in [0.25, 0.3) is 0 Å². The van der Waals surface area contributed by atoms with E-state index in [1.165, 1.54) is 76.2 Å². The van der Waals surface area contributed by atoms with Crippen LogP contribution in [0.1, 0.15) is 90.0 Å². The Kier molecular flexibility index (Phi) is 10.9. The van der Waals surface area contributed by atoms with Crippen molar-refractivity contribution in [3.63, 3.8) is 0 Å². The molecule has 0 spiro atoms. The summed E-state index contributed by atoms with van der Waals surface area (Å²) in [4.78, 5) is 0. The third-order valence-electron chi connectivity index (χ3n) is 4.70. The molecule has 0 aliphatic rings. The largest absolute Gasteiger partial charge is 0.508 e. The maximum absolute atomic E-state index is 9.33. The third kappa shape index (κ3) is 9.12. The van der Waals surface area contributed by atoms with Gasteiger partial charge in [-0.05, 0) is 36.5 Å². The van der Waals surface area contributed by atoms with Gasteiger partial charge < -0.3 is 5.11 Å². The van der Waals surface area contributed by atoms with E-state index in [9.17, 15) is 5.11 Å². The van der Waals surface area contributed by atoms with Crippen molar-refractivity contribution in [2.45, 2.75) is 90.9 Å². The lowest BCUT2D eigenvalue weighted by Gasteiger charge is -2.17. The molecule has 0 aromatic heterocycles. The van der Waals surface area contributed by atoms with Gasteiger partial charge in [-0.3, -0.25) is 0 Å². The lowest BCUT2D eigenvalue weighted by molar-refractivity contribution is 0.376. The first-order chi connectivity index (χ1) is 10.8. The highest BCUT2D eigenvalue weighted by atomic mass is 16.3. The minimum absolute atomic E-state index is 0.372. The molecule has 0 aliphatic heterocycles. The first-order valence-electron chi connectivity index (χ1n) is 9.54. The molecule has 1 rings (SSSR count). The molecule has 0 saturated carbocycles. The quantitative estimate of drug-likeness (QED) is 0.394. The van der Waals surface area contributed by atoms with Gasteiger partial charge in [-0.1, -0.05) is 90.2 Å². The van der Waals surface area contributed by atoms with Gasteiger partial charge in [0.05, 0.1) is 0 Å². The van der Waals surface area contributed by atoms with Gasteiger partial charge in [0.15, 0.2) is 0 Å². The summed E-state index contributed by atoms with van der Waals surface area (Å²) in [5, 5.41) is 9.33. The van der Waals surface area contributed by atoms with E-state index < -0.39 is 0 Å². The summed E-state index contributed by atoms with van der Waals surface area (Å²) in [7, 11) is 0. The normalized spacial score (nSPS) is 12.5. The van der Waals surface area contributed by atoms with Crippen molar-refractivity contribution in [1.29, 1.82) is 0 Å². The summed E-state index contributed by atoms with van der Waals surface area (Å²) in [6.45, 7) is 4.58. The Hall–Kier alpha value is -0.980. The second-order valence-electron chi connectivity index (χ2n) is 6.77. The lowest BCUT2D eigenvalue weighted by atomic mass is 9.89. The fourth-order valence-corrected chi connectivity index (χ4v) is 3.23. The van der Waals surface area contributed by atoms with Crippen molar-refractivity contribution in [1.82, 2.24) is 0 Å². The molecule has 1 unspecified atom stereocenters. The number of rotatable bonds is 13. The van der Waals surface area contributed by atoms with Gasteiger partial charge in [0.1, 0.15) is 5.75 Å². The second-order valence-corrected chi connectivity index (χ2v) is 6.77. The molecular formula is C21H36O. The van der Waals surface area contributed by atoms with E-state index in [1.54, 1.807) is 12.1 Å². The smallest absolute Gasteiger partial charge is 0.115 e. The van der Waals surface area contributed by atoms with Crippen LogP contribution in [-0.4, -0.2) is 5.11 Å². The topological polar surface area (TPSA) is 20.2 Å². The van der Waals surface area contributed by atoms with Crippen LogP contribution in [0.15, 0.2) is 24.3 Å². The van der Waals surface area contributed by atoms with E-state index in [0.717, 1.165) is 12.3 Å². The molecule has 1 heteroatoms. The minimum atomic E-state index is 0.372. The van der Waals surface area contributed by atoms with E-state index in [4.69, 9.17) is 0 Å². The van der Waals surface area contributed by atoms with Crippen molar-refractivity contribution >= 4 is 0 Å². The molecule has 0 saturated heterocycles. The number of phenolic OH excluding ortho intramolecular Hbond substituents is 1. The third-order valence-corrected chi connectivity index (χ3v) is 4.70. The van der Waals surface area contributed by atoms with E-state index in [0.29, 0.717) is 5.75 Å². The van der Waals surface area contributed by atoms with Crippen LogP contribution in [0.3, 0.4) is 0 Å². The standard InChI is InChI=1S/C21H36O/c1-3-5-7-9-12-19(11-8-6-4-2)13-10-14-20-15-17-21(22)18-16-20/h15-19,22H,3-14H2,1-2H3. The van der Waals surface area contributed by atoms with Crippen LogP contribution in [0, 0.1) is 5.92 Å². The Morgan fingerprint density at radius 1 is 0.727 bits per heavy atom. The summed E-state index contributed by atoms with van der Waals surface area (Å²) < 4.78 is 0. The SMILES string of the molecule is CCCCCCC(CCCCC)CCCc1ccc(O)cc1. The van der Waals surface area contributed by atoms with Gasteiger partial charge in [-0.2, -0.15) is 0 Å². The summed E-state index contributed by atoms with van der Waals surface area (Å²) in [5.74, 6) is 1.30. The van der Waals surface area contributed by atoms with Crippen LogP contribution in [0.5, 0.6) is 5.75 Å². The molecule has 1 atom stereocenters. The number of unbranched alkanes of at least 4 members (excludes halogenated alkanes) is 5. The van der Waals surface area contributed by atoms with Crippen LogP contribution in [0.2, 0.25) is 0 Å². The maximum Gasteiger partial charge on any atom is 0.115 e. The number of hydrogen-bond acceptors (Lipinski definition) is 1. The molecule has 1 N–H and O–H groups in total. The molecule has 126 valence electrons. The number of hydrogen-bond donors (Lipinski definition) is 1. The molecule has 0 heterocycles. The first kappa shape index (κ1) is 19.1. The van der Waals surface area contributed by atoms with E-state index >= 15 is 0 Å². The van der Waals surface area contributed by atoms with Gasteiger partial charge >= 0.3 is 0 Å². The van der Waals surface area contributed by atoms with Crippen molar-refractivity contribution in [2.24, 2.45) is 5.92 Å². The van der Waals surface area contributed by atoms with Gasteiger partial charge in [-0.15, -0.1) is 0 Å². The Morgan fingerprint density at radius 3 is 1.91 bits per heavy atom. The van der Waals surface area contributed by atoms with Crippen molar-refractivity contribution in [3.8, 4) is 5.75 Å². The van der Waals surface area contributed by atoms with Crippen LogP contribution in [0.4, 0.5) is 0 Å². The van der Waals surface area contributed by atoms with Crippen LogP contribution in [0.25, 0.3) is 0 Å². The lowest BCUT2D eigenvalue weighted by Crippen LogP contribution is -2.02. The first-order valence-corrected chi connectivity index (χ1v) is 9.54. The second kappa shape index (κ2) is 12.6. The molecule has 22 heavy (non-hydrogen) atoms. The molecule has 0 aliphatic carbocycles. The highest BCUT2D eigenvalue weighted by Crippen LogP contribution is 2.24. The average Bonchev–Trinajstić information content (AvgIpc) is 2.53. The Morgan fingerprint density at radius 2 is 1.27 bits per heavy atom. The Bertz CT molecular complexity index is 355. The number of aromatic hydroxyl groups is 1. The Labute approximate surface area is 138 Å². The highest BCUT2D eigenvalue weighted by molar-refractivity contribution is 5.25. The molecule has 0 amide bonds. The highest BCUT2D eigenvalue weighted by Gasteiger charge is 2.08. The van der Waals surface area contributed by atoms with Crippen molar-refractivity contribution in [2.75, 3.05) is 0 Å². The van der Waals surface area contributed by atoms with Gasteiger partial charge in [-0.25, -0.2) is 0 Å². The summed E-state index contributed by atoms with van der Waals surface area (Å²) in [6.07, 6.45) is 16.4. The molecule has 1 aromatic rings. The number of benzene rings is 1. The zero-order valence-electron chi connectivity index (χ0n) is 14.8. The zero-order valence-corrected chi connectivity index (χ0v) is 14.8. The predicted molar refractivity (Wildman–Crippen MR) is 97.4 cm³/mol. The number of phenols is 1. The molecule has 0 radical (unpaired) electrons. The summed E-state index contributed by atoms with van der Waals surface area (Å²) >= 11 is 0. The maximum atomic E-state index is 9.33. The molecule has 1 nitrogen and oxygen atoms in total. The summed E-state index contributed by atoms with van der Waals surface area (Å²) in [5.41, 5.74) is 1.36. The van der Waals surface area contributed by atoms with Gasteiger partial charge in [0.2, 0.25) is 0 Å². The monoisotopic (exact) mass is 304 g/mol. The van der Waals surface area contributed by atoms with Crippen LogP contribution < -0.4 is 0 Å². The van der Waals surface area contributed by atoms with E-state index in [1.807, 2.05) is 0 Å². The molecule has 1 aromatic carbocycles. The van der Waals surface area contributed by atoms with Gasteiger partial charge in [0, 0.05) is 0 Å². The number of aryl methyl sites for hydroxylation is 1. The van der Waals surface area contributed by atoms with E-state index in [-0.39, 0.29) is 0 Å². The van der Waals surface area contributed by atoms with Crippen LogP contribution >= 0.6 is 0 Å². The fourth-order valence-electron chi connectivity index (χ4n) is 3.23. The summed E-state index contributed by atoms with van der Waals surface area (Å²) in [6, 6.07) is 7.73. The van der Waals surface area contributed by atoms with Crippen molar-refractivity contribution < 1.29 is 5.11 Å². The molecular weight excluding hydrogens is 268 g/mol. The minimum Gasteiger partial charge on any atom is -0.508 e. The average molecular weight is 305 g/mol. The molecule has 0 bridgehead atoms. The zero-order chi connectivity index (χ0) is 16.0. The predicted octanol–water partition coefficient (Wildman–Crippen LogP) is 6.88. The fraction of sp³-hybridized carbons (Fsp3) is 0.714. The van der Waals surface area contributed by atoms with Crippen LogP contribution in [-0.2, 0) is 6.42 Å². The Balaban J connectivity index is 2.26. The van der Waals surface area contributed by atoms with E-state index in [2.05, 4.69) is 26.0 Å².